The van der Waals surface area contributed by atoms with Crippen LogP contribution in [0.1, 0.15) is 44.7 Å². The molecule has 1 aromatic rings. The van der Waals surface area contributed by atoms with E-state index >= 15 is 0 Å². The summed E-state index contributed by atoms with van der Waals surface area (Å²) in [5, 5.41) is 0. The smallest absolute Gasteiger partial charge is 0.0399 e. The molecule has 1 fully saturated rings. The van der Waals surface area contributed by atoms with E-state index in [2.05, 4.69) is 50.8 Å². The van der Waals surface area contributed by atoms with Crippen molar-refractivity contribution in [3.05, 3.63) is 29.3 Å². The summed E-state index contributed by atoms with van der Waals surface area (Å²) in [5.74, 6) is 1.72. The van der Waals surface area contributed by atoms with E-state index in [0.717, 1.165) is 18.3 Å². The topological polar surface area (TPSA) is 29.3 Å². The van der Waals surface area contributed by atoms with Crippen LogP contribution in [0.4, 0.5) is 5.69 Å². The second kappa shape index (κ2) is 6.62. The van der Waals surface area contributed by atoms with Gasteiger partial charge in [0.1, 0.15) is 0 Å². The number of anilines is 1. The summed E-state index contributed by atoms with van der Waals surface area (Å²) in [6, 6.07) is 7.06. The highest BCUT2D eigenvalue weighted by Gasteiger charge is 2.23. The summed E-state index contributed by atoms with van der Waals surface area (Å²) in [5.41, 5.74) is 10.2. The summed E-state index contributed by atoms with van der Waals surface area (Å²) in [6.07, 6.45) is 3.62. The molecule has 2 rings (SSSR count). The quantitative estimate of drug-likeness (QED) is 0.906. The number of piperidine rings is 1. The molecule has 0 radical (unpaired) electrons. The predicted molar refractivity (Wildman–Crippen MR) is 88.3 cm³/mol. The van der Waals surface area contributed by atoms with Crippen molar-refractivity contribution < 1.29 is 0 Å². The molecule has 0 aliphatic carbocycles. The molecule has 2 heteroatoms. The molecule has 0 saturated carbocycles. The van der Waals surface area contributed by atoms with Crippen LogP contribution in [0.25, 0.3) is 0 Å². The van der Waals surface area contributed by atoms with E-state index in [1.54, 1.807) is 0 Å². The first-order valence-corrected chi connectivity index (χ1v) is 8.07. The fourth-order valence-electron chi connectivity index (χ4n) is 3.34. The highest BCUT2D eigenvalue weighted by molar-refractivity contribution is 5.55. The van der Waals surface area contributed by atoms with Crippen LogP contribution < -0.4 is 10.6 Å². The number of aryl methyl sites for hydroxylation is 1. The van der Waals surface area contributed by atoms with Crippen LogP contribution in [0.5, 0.6) is 0 Å². The maximum Gasteiger partial charge on any atom is 0.0399 e. The Bertz CT molecular complexity index is 429. The summed E-state index contributed by atoms with van der Waals surface area (Å²) < 4.78 is 0. The SMILES string of the molecule is Cc1ccc(N2CCC(C(C)C)CC2)c(CC(C)N)c1. The van der Waals surface area contributed by atoms with Crippen LogP contribution in [0.3, 0.4) is 0 Å². The standard InChI is InChI=1S/C18H30N2/c1-13(2)16-7-9-20(10-8-16)18-6-5-14(3)11-17(18)12-15(4)19/h5-6,11,13,15-16H,7-10,12,19H2,1-4H3. The summed E-state index contributed by atoms with van der Waals surface area (Å²) in [4.78, 5) is 2.57. The molecule has 20 heavy (non-hydrogen) atoms. The van der Waals surface area contributed by atoms with Crippen LogP contribution in [-0.2, 0) is 6.42 Å². The first kappa shape index (κ1) is 15.4. The zero-order chi connectivity index (χ0) is 14.7. The van der Waals surface area contributed by atoms with Gasteiger partial charge in [-0.15, -0.1) is 0 Å². The van der Waals surface area contributed by atoms with Crippen LogP contribution >= 0.6 is 0 Å². The maximum atomic E-state index is 6.02. The lowest BCUT2D eigenvalue weighted by molar-refractivity contribution is 0.311. The minimum Gasteiger partial charge on any atom is -0.371 e. The molecule has 0 bridgehead atoms. The van der Waals surface area contributed by atoms with Gasteiger partial charge in [0.15, 0.2) is 0 Å². The van der Waals surface area contributed by atoms with E-state index in [1.807, 2.05) is 0 Å². The Hall–Kier alpha value is -1.02. The van der Waals surface area contributed by atoms with Gasteiger partial charge in [0.25, 0.3) is 0 Å². The van der Waals surface area contributed by atoms with Gasteiger partial charge in [-0.1, -0.05) is 31.5 Å². The summed E-state index contributed by atoms with van der Waals surface area (Å²) >= 11 is 0. The Morgan fingerprint density at radius 2 is 1.85 bits per heavy atom. The van der Waals surface area contributed by atoms with Crippen molar-refractivity contribution in [3.8, 4) is 0 Å². The first-order valence-electron chi connectivity index (χ1n) is 8.07. The molecule has 0 amide bonds. The molecule has 1 aliphatic rings. The Morgan fingerprint density at radius 3 is 2.40 bits per heavy atom. The van der Waals surface area contributed by atoms with Crippen molar-refractivity contribution in [2.45, 2.75) is 53.0 Å². The molecule has 1 unspecified atom stereocenters. The molecule has 1 heterocycles. The first-order chi connectivity index (χ1) is 9.47. The molecule has 0 spiro atoms. The second-order valence-electron chi connectivity index (χ2n) is 6.88. The monoisotopic (exact) mass is 274 g/mol. The number of benzene rings is 1. The zero-order valence-electron chi connectivity index (χ0n) is 13.5. The molecular formula is C18H30N2. The third kappa shape index (κ3) is 3.76. The minimum atomic E-state index is 0.226. The van der Waals surface area contributed by atoms with Gasteiger partial charge in [0, 0.05) is 24.8 Å². The summed E-state index contributed by atoms with van der Waals surface area (Å²) in [6.45, 7) is 11.4. The normalized spacial score (nSPS) is 18.6. The molecule has 1 atom stereocenters. The van der Waals surface area contributed by atoms with Crippen LogP contribution in [0.2, 0.25) is 0 Å². The largest absolute Gasteiger partial charge is 0.371 e. The van der Waals surface area contributed by atoms with Crippen molar-refractivity contribution in [1.29, 1.82) is 0 Å². The number of hydrogen-bond acceptors (Lipinski definition) is 2. The second-order valence-corrected chi connectivity index (χ2v) is 6.88. The lowest BCUT2D eigenvalue weighted by atomic mass is 9.86. The van der Waals surface area contributed by atoms with Crippen molar-refractivity contribution in [1.82, 2.24) is 0 Å². The Kier molecular flexibility index (Phi) is 5.09. The molecule has 0 aromatic heterocycles. The van der Waals surface area contributed by atoms with Crippen LogP contribution in [0, 0.1) is 18.8 Å². The Balaban J connectivity index is 2.13. The number of rotatable bonds is 4. The van der Waals surface area contributed by atoms with Gasteiger partial charge in [-0.05, 0) is 56.6 Å². The van der Waals surface area contributed by atoms with E-state index in [-0.39, 0.29) is 6.04 Å². The van der Waals surface area contributed by atoms with Crippen LogP contribution in [0.15, 0.2) is 18.2 Å². The fourth-order valence-corrected chi connectivity index (χ4v) is 3.34. The van der Waals surface area contributed by atoms with E-state index in [9.17, 15) is 0 Å². The Labute approximate surface area is 124 Å². The number of nitrogens with zero attached hydrogens (tertiary/aromatic N) is 1. The number of nitrogens with two attached hydrogens (primary N) is 1. The molecule has 1 aromatic carbocycles. The number of hydrogen-bond donors (Lipinski definition) is 1. The minimum absolute atomic E-state index is 0.226. The van der Waals surface area contributed by atoms with Gasteiger partial charge >= 0.3 is 0 Å². The molecule has 2 N–H and O–H groups in total. The van der Waals surface area contributed by atoms with Gasteiger partial charge in [-0.2, -0.15) is 0 Å². The lowest BCUT2D eigenvalue weighted by Crippen LogP contribution is -2.36. The van der Waals surface area contributed by atoms with Crippen molar-refractivity contribution in [3.63, 3.8) is 0 Å². The average Bonchev–Trinajstić information content (AvgIpc) is 2.38. The highest BCUT2D eigenvalue weighted by Crippen LogP contribution is 2.30. The molecule has 1 aliphatic heterocycles. The van der Waals surface area contributed by atoms with Crippen LogP contribution in [-0.4, -0.2) is 19.1 Å². The lowest BCUT2D eigenvalue weighted by Gasteiger charge is -2.36. The van der Waals surface area contributed by atoms with Gasteiger partial charge in [-0.3, -0.25) is 0 Å². The third-order valence-electron chi connectivity index (χ3n) is 4.60. The average molecular weight is 274 g/mol. The highest BCUT2D eigenvalue weighted by atomic mass is 15.1. The van der Waals surface area contributed by atoms with E-state index in [1.165, 1.54) is 42.7 Å². The zero-order valence-corrected chi connectivity index (χ0v) is 13.5. The van der Waals surface area contributed by atoms with Crippen molar-refractivity contribution >= 4 is 5.69 Å². The van der Waals surface area contributed by atoms with Gasteiger partial charge in [-0.25, -0.2) is 0 Å². The van der Waals surface area contributed by atoms with Crippen molar-refractivity contribution in [2.75, 3.05) is 18.0 Å². The predicted octanol–water partition coefficient (Wildman–Crippen LogP) is 3.76. The Morgan fingerprint density at radius 1 is 1.20 bits per heavy atom. The van der Waals surface area contributed by atoms with Gasteiger partial charge in [0.2, 0.25) is 0 Å². The van der Waals surface area contributed by atoms with E-state index in [4.69, 9.17) is 5.73 Å². The van der Waals surface area contributed by atoms with Gasteiger partial charge < -0.3 is 10.6 Å². The van der Waals surface area contributed by atoms with E-state index in [0.29, 0.717) is 0 Å². The molecule has 1 saturated heterocycles. The molecule has 2 nitrogen and oxygen atoms in total. The van der Waals surface area contributed by atoms with Crippen molar-refractivity contribution in [2.24, 2.45) is 17.6 Å². The molecular weight excluding hydrogens is 244 g/mol. The molecule has 112 valence electrons. The maximum absolute atomic E-state index is 6.02. The van der Waals surface area contributed by atoms with Gasteiger partial charge in [0.05, 0.1) is 0 Å². The fraction of sp³-hybridized carbons (Fsp3) is 0.667. The third-order valence-corrected chi connectivity index (χ3v) is 4.60. The van der Waals surface area contributed by atoms with E-state index < -0.39 is 0 Å². The summed E-state index contributed by atoms with van der Waals surface area (Å²) in [7, 11) is 0.